The molecule has 1 aromatic heterocycles. The maximum absolute atomic E-state index is 13.8. The normalized spacial score (nSPS) is 10.4. The van der Waals surface area contributed by atoms with Gasteiger partial charge in [-0.3, -0.25) is 0 Å². The highest BCUT2D eigenvalue weighted by Crippen LogP contribution is 2.23. The van der Waals surface area contributed by atoms with Crippen molar-refractivity contribution in [1.82, 2.24) is 9.97 Å². The fraction of sp³-hybridized carbons (Fsp3) is 0.105. The molecule has 2 aromatic carbocycles. The van der Waals surface area contributed by atoms with Gasteiger partial charge < -0.3 is 15.4 Å². The number of nitrogens with one attached hydrogen (secondary N) is 2. The van der Waals surface area contributed by atoms with Crippen LogP contribution in [0.5, 0.6) is 0 Å². The summed E-state index contributed by atoms with van der Waals surface area (Å²) in [7, 11) is 1.31. The topological polar surface area (TPSA) is 76.1 Å². The molecular formula is C19H16F2N4O2. The smallest absolute Gasteiger partial charge is 0.337 e. The lowest BCUT2D eigenvalue weighted by Gasteiger charge is -2.11. The zero-order valence-electron chi connectivity index (χ0n) is 14.6. The molecule has 1 heterocycles. The van der Waals surface area contributed by atoms with Gasteiger partial charge in [0.1, 0.15) is 29.1 Å². The minimum Gasteiger partial charge on any atom is -0.465 e. The highest BCUT2D eigenvalue weighted by atomic mass is 19.1. The van der Waals surface area contributed by atoms with Gasteiger partial charge in [0.05, 0.1) is 18.4 Å². The highest BCUT2D eigenvalue weighted by molar-refractivity contribution is 5.90. The Hall–Kier alpha value is -3.55. The molecule has 3 aromatic rings. The summed E-state index contributed by atoms with van der Waals surface area (Å²) < 4.78 is 31.6. The molecule has 2 N–H and O–H groups in total. The van der Waals surface area contributed by atoms with E-state index < -0.39 is 17.6 Å². The third-order valence-electron chi connectivity index (χ3n) is 3.59. The summed E-state index contributed by atoms with van der Waals surface area (Å²) in [5.74, 6) is -0.633. The first-order chi connectivity index (χ1) is 12.9. The van der Waals surface area contributed by atoms with Crippen LogP contribution in [0.4, 0.5) is 31.8 Å². The lowest BCUT2D eigenvalue weighted by Crippen LogP contribution is -2.04. The van der Waals surface area contributed by atoms with Crippen LogP contribution in [-0.2, 0) is 4.74 Å². The van der Waals surface area contributed by atoms with Gasteiger partial charge in [-0.15, -0.1) is 0 Å². The van der Waals surface area contributed by atoms with Gasteiger partial charge in [0.2, 0.25) is 0 Å². The molecule has 0 unspecified atom stereocenters. The van der Waals surface area contributed by atoms with Crippen LogP contribution in [0.2, 0.25) is 0 Å². The highest BCUT2D eigenvalue weighted by Gasteiger charge is 2.09. The number of esters is 1. The lowest BCUT2D eigenvalue weighted by molar-refractivity contribution is 0.0601. The molecule has 0 amide bonds. The van der Waals surface area contributed by atoms with Gasteiger partial charge >= 0.3 is 5.97 Å². The molecule has 0 aliphatic carbocycles. The summed E-state index contributed by atoms with van der Waals surface area (Å²) >= 11 is 0. The van der Waals surface area contributed by atoms with Crippen molar-refractivity contribution in [2.75, 3.05) is 17.7 Å². The van der Waals surface area contributed by atoms with Crippen LogP contribution >= 0.6 is 0 Å². The van der Waals surface area contributed by atoms with E-state index in [-0.39, 0.29) is 5.69 Å². The van der Waals surface area contributed by atoms with Gasteiger partial charge in [-0.05, 0) is 37.3 Å². The second-order valence-corrected chi connectivity index (χ2v) is 5.63. The first-order valence-electron chi connectivity index (χ1n) is 7.98. The quantitative estimate of drug-likeness (QED) is 0.651. The molecule has 0 aliphatic rings. The van der Waals surface area contributed by atoms with Crippen LogP contribution in [0.1, 0.15) is 16.2 Å². The molecule has 27 heavy (non-hydrogen) atoms. The van der Waals surface area contributed by atoms with Crippen molar-refractivity contribution in [3.8, 4) is 0 Å². The number of benzene rings is 2. The van der Waals surface area contributed by atoms with Crippen LogP contribution in [0.25, 0.3) is 0 Å². The average Bonchev–Trinajstić information content (AvgIpc) is 2.63. The summed E-state index contributed by atoms with van der Waals surface area (Å²) in [4.78, 5) is 20.1. The lowest BCUT2D eigenvalue weighted by atomic mass is 10.2. The van der Waals surface area contributed by atoms with Crippen molar-refractivity contribution in [3.63, 3.8) is 0 Å². The second-order valence-electron chi connectivity index (χ2n) is 5.63. The van der Waals surface area contributed by atoms with Crippen molar-refractivity contribution in [1.29, 1.82) is 0 Å². The number of nitrogens with zero attached hydrogens (tertiary/aromatic N) is 2. The van der Waals surface area contributed by atoms with Gasteiger partial charge in [0, 0.05) is 17.8 Å². The van der Waals surface area contributed by atoms with Crippen LogP contribution < -0.4 is 10.6 Å². The molecule has 6 nitrogen and oxygen atoms in total. The monoisotopic (exact) mass is 370 g/mol. The van der Waals surface area contributed by atoms with E-state index in [2.05, 4.69) is 20.6 Å². The van der Waals surface area contributed by atoms with E-state index in [4.69, 9.17) is 4.74 Å². The van der Waals surface area contributed by atoms with Crippen LogP contribution in [0.15, 0.2) is 48.5 Å². The molecule has 138 valence electrons. The molecule has 0 saturated carbocycles. The van der Waals surface area contributed by atoms with Gasteiger partial charge in [-0.1, -0.05) is 6.07 Å². The molecule has 3 rings (SSSR count). The van der Waals surface area contributed by atoms with E-state index in [0.29, 0.717) is 28.7 Å². The summed E-state index contributed by atoms with van der Waals surface area (Å²) in [6.45, 7) is 1.68. The number of anilines is 4. The zero-order chi connectivity index (χ0) is 19.4. The maximum atomic E-state index is 13.8. The van der Waals surface area contributed by atoms with Gasteiger partial charge in [0.15, 0.2) is 0 Å². The standard InChI is InChI=1S/C19H16F2N4O2/c1-11-22-17(24-14-5-3-4-12(8-14)19(26)27-2)10-18(23-11)25-16-7-6-13(20)9-15(16)21/h3-10H,1-2H3,(H2,22,23,24,25). The number of rotatable bonds is 5. The van der Waals surface area contributed by atoms with Crippen LogP contribution in [0.3, 0.4) is 0 Å². The first kappa shape index (κ1) is 18.2. The minimum atomic E-state index is -0.730. The molecule has 8 heteroatoms. The third kappa shape index (κ3) is 4.55. The molecule has 0 spiro atoms. The largest absolute Gasteiger partial charge is 0.465 e. The number of carbonyl (C=O) groups excluding carboxylic acids is 1. The average molecular weight is 370 g/mol. The van der Waals surface area contributed by atoms with Crippen molar-refractivity contribution in [2.45, 2.75) is 6.92 Å². The van der Waals surface area contributed by atoms with E-state index in [1.807, 2.05) is 0 Å². The summed E-state index contributed by atoms with van der Waals surface area (Å²) in [5, 5.41) is 5.86. The Morgan fingerprint density at radius 2 is 1.74 bits per heavy atom. The number of aryl methyl sites for hydroxylation is 1. The van der Waals surface area contributed by atoms with E-state index in [1.165, 1.54) is 13.2 Å². The fourth-order valence-corrected chi connectivity index (χ4v) is 2.41. The van der Waals surface area contributed by atoms with Crippen LogP contribution in [0, 0.1) is 18.6 Å². The number of carbonyl (C=O) groups is 1. The Labute approximate surface area is 154 Å². The third-order valence-corrected chi connectivity index (χ3v) is 3.59. The maximum Gasteiger partial charge on any atom is 0.337 e. The second kappa shape index (κ2) is 7.77. The predicted molar refractivity (Wildman–Crippen MR) is 97.5 cm³/mol. The summed E-state index contributed by atoms with van der Waals surface area (Å²) in [6, 6.07) is 11.5. The summed E-state index contributed by atoms with van der Waals surface area (Å²) in [6.07, 6.45) is 0. The molecule has 0 atom stereocenters. The SMILES string of the molecule is COC(=O)c1cccc(Nc2cc(Nc3ccc(F)cc3F)nc(C)n2)c1. The number of ether oxygens (including phenoxy) is 1. The Kier molecular flexibility index (Phi) is 5.25. The first-order valence-corrected chi connectivity index (χ1v) is 7.98. The molecule has 0 bridgehead atoms. The van der Waals surface area contributed by atoms with Crippen molar-refractivity contribution in [3.05, 3.63) is 71.6 Å². The summed E-state index contributed by atoms with van der Waals surface area (Å²) in [5.41, 5.74) is 1.10. The molecule has 0 radical (unpaired) electrons. The number of halogens is 2. The molecule has 0 fully saturated rings. The van der Waals surface area contributed by atoms with Gasteiger partial charge in [0.25, 0.3) is 0 Å². The van der Waals surface area contributed by atoms with Crippen molar-refractivity contribution in [2.24, 2.45) is 0 Å². The van der Waals surface area contributed by atoms with E-state index in [0.717, 1.165) is 12.1 Å². The predicted octanol–water partition coefficient (Wildman–Crippen LogP) is 4.34. The van der Waals surface area contributed by atoms with E-state index >= 15 is 0 Å². The number of hydrogen-bond donors (Lipinski definition) is 2. The Morgan fingerprint density at radius 1 is 1.00 bits per heavy atom. The van der Waals surface area contributed by atoms with Crippen molar-refractivity contribution >= 4 is 29.0 Å². The van der Waals surface area contributed by atoms with Gasteiger partial charge in [-0.2, -0.15) is 0 Å². The van der Waals surface area contributed by atoms with Gasteiger partial charge in [-0.25, -0.2) is 23.5 Å². The number of methoxy groups -OCH3 is 1. The minimum absolute atomic E-state index is 0.0909. The fourth-order valence-electron chi connectivity index (χ4n) is 2.41. The molecule has 0 aliphatic heterocycles. The molecular weight excluding hydrogens is 354 g/mol. The van der Waals surface area contributed by atoms with Crippen molar-refractivity contribution < 1.29 is 18.3 Å². The number of hydrogen-bond acceptors (Lipinski definition) is 6. The zero-order valence-corrected chi connectivity index (χ0v) is 14.6. The Bertz CT molecular complexity index is 995. The Balaban J connectivity index is 1.84. The van der Waals surface area contributed by atoms with E-state index in [9.17, 15) is 13.6 Å². The number of aromatic nitrogens is 2. The van der Waals surface area contributed by atoms with Crippen LogP contribution in [-0.4, -0.2) is 23.0 Å². The van der Waals surface area contributed by atoms with E-state index in [1.54, 1.807) is 37.3 Å². The molecule has 0 saturated heterocycles. The Morgan fingerprint density at radius 3 is 2.44 bits per heavy atom.